The number of hydrogen-bond donors (Lipinski definition) is 0. The fourth-order valence-corrected chi connectivity index (χ4v) is 4.18. The minimum absolute atomic E-state index is 0.0448. The summed E-state index contributed by atoms with van der Waals surface area (Å²) in [6.07, 6.45) is 0.943. The second-order valence-corrected chi connectivity index (χ2v) is 7.79. The van der Waals surface area contributed by atoms with Crippen molar-refractivity contribution in [1.29, 1.82) is 0 Å². The van der Waals surface area contributed by atoms with Crippen LogP contribution in [0.1, 0.15) is 34.2 Å². The zero-order valence-electron chi connectivity index (χ0n) is 17.4. The van der Waals surface area contributed by atoms with Crippen molar-refractivity contribution in [2.75, 3.05) is 46.6 Å². The first-order chi connectivity index (χ1) is 14.1. The highest BCUT2D eigenvalue weighted by molar-refractivity contribution is 5.93. The maximum absolute atomic E-state index is 13.0. The zero-order valence-corrected chi connectivity index (χ0v) is 17.4. The smallest absolute Gasteiger partial charge is 0.276 e. The van der Waals surface area contributed by atoms with Gasteiger partial charge in [0.15, 0.2) is 5.69 Å². The van der Waals surface area contributed by atoms with Crippen LogP contribution in [-0.4, -0.2) is 83.3 Å². The van der Waals surface area contributed by atoms with Crippen LogP contribution < -0.4 is 0 Å². The second kappa shape index (κ2) is 8.61. The van der Waals surface area contributed by atoms with Gasteiger partial charge in [-0.25, -0.2) is 4.68 Å². The van der Waals surface area contributed by atoms with Crippen molar-refractivity contribution < 1.29 is 14.3 Å². The molecule has 1 aromatic carbocycles. The van der Waals surface area contributed by atoms with E-state index in [1.165, 1.54) is 11.1 Å². The predicted octanol–water partition coefficient (Wildman–Crippen LogP) is 1.44. The van der Waals surface area contributed by atoms with Crippen molar-refractivity contribution in [1.82, 2.24) is 24.8 Å². The summed E-state index contributed by atoms with van der Waals surface area (Å²) < 4.78 is 12.5. The number of aromatic nitrogens is 3. The van der Waals surface area contributed by atoms with Crippen molar-refractivity contribution >= 4 is 5.91 Å². The third-order valence-electron chi connectivity index (χ3n) is 5.89. The highest BCUT2D eigenvalue weighted by atomic mass is 16.5. The zero-order chi connectivity index (χ0) is 20.4. The topological polar surface area (TPSA) is 72.7 Å². The van der Waals surface area contributed by atoms with E-state index >= 15 is 0 Å². The van der Waals surface area contributed by atoms with Crippen LogP contribution >= 0.6 is 0 Å². The molecule has 1 fully saturated rings. The highest BCUT2D eigenvalue weighted by Crippen LogP contribution is 2.26. The minimum atomic E-state index is -0.0694. The van der Waals surface area contributed by atoms with Crippen LogP contribution in [0.25, 0.3) is 5.69 Å². The number of morpholine rings is 1. The minimum Gasteiger partial charge on any atom is -0.383 e. The molecule has 8 nitrogen and oxygen atoms in total. The van der Waals surface area contributed by atoms with E-state index in [-0.39, 0.29) is 11.9 Å². The predicted molar refractivity (Wildman–Crippen MR) is 108 cm³/mol. The van der Waals surface area contributed by atoms with Gasteiger partial charge in [0.25, 0.3) is 5.91 Å². The number of ether oxygens (including phenoxy) is 2. The molecule has 3 heterocycles. The molecule has 1 amide bonds. The maximum atomic E-state index is 13.0. The number of benzene rings is 1. The summed E-state index contributed by atoms with van der Waals surface area (Å²) in [6, 6.07) is 6.34. The normalized spacial score (nSPS) is 20.0. The summed E-state index contributed by atoms with van der Waals surface area (Å²) in [5.41, 5.74) is 4.81. The molecule has 0 bridgehead atoms. The molecule has 29 heavy (non-hydrogen) atoms. The van der Waals surface area contributed by atoms with E-state index in [0.717, 1.165) is 44.0 Å². The molecule has 1 atom stereocenters. The van der Waals surface area contributed by atoms with Gasteiger partial charge in [-0.2, -0.15) is 0 Å². The first-order valence-electron chi connectivity index (χ1n) is 10.2. The van der Waals surface area contributed by atoms with Crippen LogP contribution in [0.2, 0.25) is 0 Å². The SMILES string of the molecule is COCCN1CCc2c(cccc2-n2nnc(C(=O)N3CCOC[C@@H]3C)c2C)C1. The summed E-state index contributed by atoms with van der Waals surface area (Å²) >= 11 is 0. The van der Waals surface area contributed by atoms with Gasteiger partial charge in [-0.1, -0.05) is 17.3 Å². The van der Waals surface area contributed by atoms with Gasteiger partial charge in [0.2, 0.25) is 0 Å². The Bertz CT molecular complexity index is 881. The first kappa shape index (κ1) is 20.0. The number of amides is 1. The number of carbonyl (C=O) groups is 1. The van der Waals surface area contributed by atoms with Crippen molar-refractivity contribution in [2.45, 2.75) is 32.9 Å². The molecule has 0 N–H and O–H groups in total. The summed E-state index contributed by atoms with van der Waals surface area (Å²) in [4.78, 5) is 17.3. The molecular formula is C21H29N5O3. The van der Waals surface area contributed by atoms with Crippen LogP contribution in [-0.2, 0) is 22.4 Å². The molecule has 1 saturated heterocycles. The number of fused-ring (bicyclic) bond motifs is 1. The van der Waals surface area contributed by atoms with E-state index in [2.05, 4.69) is 33.4 Å². The van der Waals surface area contributed by atoms with E-state index in [9.17, 15) is 4.79 Å². The number of methoxy groups -OCH3 is 1. The average Bonchev–Trinajstić information content (AvgIpc) is 3.12. The van der Waals surface area contributed by atoms with Crippen LogP contribution in [0.3, 0.4) is 0 Å². The van der Waals surface area contributed by atoms with Gasteiger partial charge in [-0.15, -0.1) is 5.10 Å². The van der Waals surface area contributed by atoms with Crippen molar-refractivity contribution in [2.24, 2.45) is 0 Å². The fraction of sp³-hybridized carbons (Fsp3) is 0.571. The van der Waals surface area contributed by atoms with Crippen molar-refractivity contribution in [3.63, 3.8) is 0 Å². The Morgan fingerprint density at radius 2 is 2.21 bits per heavy atom. The Hall–Kier alpha value is -2.29. The Kier molecular flexibility index (Phi) is 5.94. The third-order valence-corrected chi connectivity index (χ3v) is 5.89. The Morgan fingerprint density at radius 1 is 1.34 bits per heavy atom. The summed E-state index contributed by atoms with van der Waals surface area (Å²) in [7, 11) is 1.74. The Morgan fingerprint density at radius 3 is 3.00 bits per heavy atom. The van der Waals surface area contributed by atoms with Crippen LogP contribution in [0.5, 0.6) is 0 Å². The van der Waals surface area contributed by atoms with E-state index < -0.39 is 0 Å². The lowest BCUT2D eigenvalue weighted by Crippen LogP contribution is -2.47. The number of nitrogens with zero attached hydrogens (tertiary/aromatic N) is 5. The lowest BCUT2D eigenvalue weighted by atomic mass is 9.97. The van der Waals surface area contributed by atoms with E-state index in [1.807, 2.05) is 23.4 Å². The average molecular weight is 399 g/mol. The molecule has 2 aliphatic rings. The molecule has 156 valence electrons. The highest BCUT2D eigenvalue weighted by Gasteiger charge is 2.29. The molecule has 8 heteroatoms. The van der Waals surface area contributed by atoms with Crippen molar-refractivity contribution in [3.05, 3.63) is 40.7 Å². The summed E-state index contributed by atoms with van der Waals surface area (Å²) in [6.45, 7) is 9.19. The molecular weight excluding hydrogens is 370 g/mol. The van der Waals surface area contributed by atoms with E-state index in [4.69, 9.17) is 9.47 Å². The summed E-state index contributed by atoms with van der Waals surface area (Å²) in [5, 5.41) is 8.62. The molecule has 0 saturated carbocycles. The van der Waals surface area contributed by atoms with Crippen LogP contribution in [0.4, 0.5) is 0 Å². The molecule has 2 aromatic rings. The van der Waals surface area contributed by atoms with Gasteiger partial charge >= 0.3 is 0 Å². The van der Waals surface area contributed by atoms with Gasteiger partial charge in [-0.3, -0.25) is 9.69 Å². The van der Waals surface area contributed by atoms with Gasteiger partial charge in [0.05, 0.1) is 37.2 Å². The maximum Gasteiger partial charge on any atom is 0.276 e. The first-order valence-corrected chi connectivity index (χ1v) is 10.2. The molecule has 1 aromatic heterocycles. The van der Waals surface area contributed by atoms with Gasteiger partial charge in [0.1, 0.15) is 0 Å². The number of hydrogen-bond acceptors (Lipinski definition) is 6. The molecule has 0 aliphatic carbocycles. The fourth-order valence-electron chi connectivity index (χ4n) is 4.18. The van der Waals surface area contributed by atoms with E-state index in [0.29, 0.717) is 25.5 Å². The van der Waals surface area contributed by atoms with Gasteiger partial charge < -0.3 is 14.4 Å². The standard InChI is InChI=1S/C21H29N5O3/c1-15-14-29-12-10-25(15)21(27)20-16(2)26(23-22-20)19-6-4-5-17-13-24(9-11-28-3)8-7-18(17)19/h4-6,15H,7-14H2,1-3H3/t15-/m0/s1. The number of carbonyl (C=O) groups excluding carboxylic acids is 1. The summed E-state index contributed by atoms with van der Waals surface area (Å²) in [5.74, 6) is -0.0694. The molecule has 0 unspecified atom stereocenters. The molecule has 4 rings (SSSR count). The molecule has 0 radical (unpaired) electrons. The Balaban J connectivity index is 1.60. The largest absolute Gasteiger partial charge is 0.383 e. The lowest BCUT2D eigenvalue weighted by Gasteiger charge is -2.32. The van der Waals surface area contributed by atoms with Crippen LogP contribution in [0.15, 0.2) is 18.2 Å². The quantitative estimate of drug-likeness (QED) is 0.758. The van der Waals surface area contributed by atoms with Gasteiger partial charge in [0, 0.05) is 33.3 Å². The van der Waals surface area contributed by atoms with Crippen LogP contribution in [0, 0.1) is 6.92 Å². The lowest BCUT2D eigenvalue weighted by molar-refractivity contribution is 0.00322. The van der Waals surface area contributed by atoms with Gasteiger partial charge in [-0.05, 0) is 37.5 Å². The molecule has 0 spiro atoms. The Labute approximate surface area is 171 Å². The third kappa shape index (κ3) is 3.92. The molecule has 2 aliphatic heterocycles. The van der Waals surface area contributed by atoms with Crippen molar-refractivity contribution in [3.8, 4) is 5.69 Å². The second-order valence-electron chi connectivity index (χ2n) is 7.79. The monoisotopic (exact) mass is 399 g/mol. The van der Waals surface area contributed by atoms with E-state index in [1.54, 1.807) is 7.11 Å². The number of rotatable bonds is 5.